The molecule has 0 fully saturated rings. The van der Waals surface area contributed by atoms with Crippen LogP contribution in [0.3, 0.4) is 0 Å². The number of rotatable bonds is 4. The highest BCUT2D eigenvalue weighted by Gasteiger charge is 2.42. The fourth-order valence-corrected chi connectivity index (χ4v) is 16.2. The second kappa shape index (κ2) is 13.1. The molecule has 282 valence electrons. The van der Waals surface area contributed by atoms with Gasteiger partial charge in [-0.05, 0) is 93.0 Å². The van der Waals surface area contributed by atoms with Gasteiger partial charge in [0.25, 0.3) is 0 Å². The van der Waals surface area contributed by atoms with Gasteiger partial charge in [0.05, 0.1) is 11.3 Å². The lowest BCUT2D eigenvalue weighted by Crippen LogP contribution is -2.34. The minimum atomic E-state index is -2.52. The third kappa shape index (κ3) is 5.08. The highest BCUT2D eigenvalue weighted by atomic mass is 32.4. The van der Waals surface area contributed by atoms with Gasteiger partial charge in [-0.1, -0.05) is 151 Å². The summed E-state index contributed by atoms with van der Waals surface area (Å²) in [4.78, 5) is 0. The van der Waals surface area contributed by atoms with E-state index in [1.54, 1.807) is 0 Å². The van der Waals surface area contributed by atoms with Crippen LogP contribution < -0.4 is 25.4 Å². The fraction of sp³-hybridized carbons (Fsp3) is 0. The van der Waals surface area contributed by atoms with E-state index < -0.39 is 6.04 Å². The molecule has 9 aromatic carbocycles. The predicted octanol–water partition coefficient (Wildman–Crippen LogP) is 15.1. The maximum absolute atomic E-state index is 6.90. The lowest BCUT2D eigenvalue weighted by molar-refractivity contribution is 0.466. The van der Waals surface area contributed by atoms with E-state index in [2.05, 4.69) is 170 Å². The molecule has 6 heteroatoms. The first-order chi connectivity index (χ1) is 29.6. The first-order valence-electron chi connectivity index (χ1n) is 20.0. The Labute approximate surface area is 359 Å². The summed E-state index contributed by atoms with van der Waals surface area (Å²) in [6.45, 7) is 0. The summed E-state index contributed by atoms with van der Waals surface area (Å²) in [6.07, 6.45) is 0. The number of fused-ring (bicyclic) bond motifs is 10. The van der Waals surface area contributed by atoms with Crippen molar-refractivity contribution < 1.29 is 9.47 Å². The first kappa shape index (κ1) is 34.5. The molecular formula is C54H31O2PS3. The zero-order valence-electron chi connectivity index (χ0n) is 31.9. The summed E-state index contributed by atoms with van der Waals surface area (Å²) < 4.78 is 18.7. The lowest BCUT2D eigenvalue weighted by atomic mass is 9.99. The second-order valence-corrected chi connectivity index (χ2v) is 21.9. The van der Waals surface area contributed by atoms with Crippen molar-refractivity contribution in [3.63, 3.8) is 0 Å². The Kier molecular flexibility index (Phi) is 7.53. The zero-order chi connectivity index (χ0) is 39.5. The van der Waals surface area contributed by atoms with Crippen molar-refractivity contribution in [1.29, 1.82) is 0 Å². The van der Waals surface area contributed by atoms with E-state index in [1.165, 1.54) is 62.6 Å². The SMILES string of the molecule is S=P12c3ccc(-c4ccc(-c5cccc6c5sc5ccccc56)cc4)cc3Oc3cccc(c31)Oc1cc(-c3ccc(-c4cccc5c4sc4ccccc45)cc3)ccc12. The first-order valence-corrected chi connectivity index (χ1v) is 24.4. The Hall–Kier alpha value is -6.33. The van der Waals surface area contributed by atoms with Crippen LogP contribution in [0.2, 0.25) is 0 Å². The standard InChI is InChI=1S/C54H31O2PS3/c58-57-48-28-26-36(32-18-22-34(23-19-32)38-10-5-12-42-40-8-1-3-16-50(40)59-53(38)42)30-46(48)55-44-14-7-15-45(52(44)57)56-47-31-37(27-29-49(47)57)33-20-24-35(25-21-33)39-11-6-13-43-41-9-2-4-17-51(41)60-54(39)43/h1-31H. The van der Waals surface area contributed by atoms with Gasteiger partial charge in [0.15, 0.2) is 0 Å². The summed E-state index contributed by atoms with van der Waals surface area (Å²) in [6, 6.07) is 65.2. The molecule has 2 aliphatic heterocycles. The Morgan fingerprint density at radius 3 is 1.23 bits per heavy atom. The van der Waals surface area contributed by atoms with Crippen molar-refractivity contribution in [2.24, 2.45) is 0 Å². The van der Waals surface area contributed by atoms with E-state index in [9.17, 15) is 0 Å². The van der Waals surface area contributed by atoms with Crippen LogP contribution in [0, 0.1) is 0 Å². The number of thiophene rings is 2. The third-order valence-electron chi connectivity index (χ3n) is 12.2. The molecule has 60 heavy (non-hydrogen) atoms. The number of hydrogen-bond acceptors (Lipinski definition) is 5. The predicted molar refractivity (Wildman–Crippen MR) is 260 cm³/mol. The van der Waals surface area contributed by atoms with Gasteiger partial charge >= 0.3 is 0 Å². The highest BCUT2D eigenvalue weighted by molar-refractivity contribution is 8.26. The van der Waals surface area contributed by atoms with E-state index in [4.69, 9.17) is 21.3 Å². The summed E-state index contributed by atoms with van der Waals surface area (Å²) in [5.41, 5.74) is 9.40. The fourth-order valence-electron chi connectivity index (χ4n) is 9.29. The van der Waals surface area contributed by atoms with Gasteiger partial charge in [-0.25, -0.2) is 0 Å². The van der Waals surface area contributed by atoms with E-state index in [0.717, 1.165) is 61.2 Å². The van der Waals surface area contributed by atoms with Crippen LogP contribution in [0.4, 0.5) is 0 Å². The second-order valence-electron chi connectivity index (χ2n) is 15.5. The van der Waals surface area contributed by atoms with Gasteiger partial charge < -0.3 is 9.47 Å². The summed E-state index contributed by atoms with van der Waals surface area (Å²) >= 11 is 10.6. The quantitative estimate of drug-likeness (QED) is 0.165. The number of ether oxygens (including phenoxy) is 2. The van der Waals surface area contributed by atoms with Gasteiger partial charge in [-0.3, -0.25) is 0 Å². The molecule has 0 saturated carbocycles. The average Bonchev–Trinajstić information content (AvgIpc) is 3.88. The minimum absolute atomic E-state index is 0.784. The van der Waals surface area contributed by atoms with Gasteiger partial charge in [0.2, 0.25) is 0 Å². The van der Waals surface area contributed by atoms with Crippen LogP contribution in [0.15, 0.2) is 188 Å². The van der Waals surface area contributed by atoms with Crippen molar-refractivity contribution >= 4 is 96.8 Å². The molecule has 11 aromatic rings. The van der Waals surface area contributed by atoms with E-state index in [1.807, 2.05) is 40.9 Å². The molecule has 0 aliphatic carbocycles. The molecule has 0 atom stereocenters. The Bertz CT molecular complexity index is 3400. The third-order valence-corrected chi connectivity index (χ3v) is 19.5. The molecule has 4 heterocycles. The zero-order valence-corrected chi connectivity index (χ0v) is 35.2. The number of benzene rings is 9. The van der Waals surface area contributed by atoms with Gasteiger partial charge in [0, 0.05) is 51.0 Å². The Morgan fingerprint density at radius 2 is 0.750 bits per heavy atom. The smallest absolute Gasteiger partial charge is 0.140 e. The summed E-state index contributed by atoms with van der Waals surface area (Å²) in [7, 11) is 0. The van der Waals surface area contributed by atoms with Crippen molar-refractivity contribution in [2.45, 2.75) is 0 Å². The van der Waals surface area contributed by atoms with E-state index in [0.29, 0.717) is 0 Å². The van der Waals surface area contributed by atoms with Gasteiger partial charge in [0.1, 0.15) is 23.0 Å². The minimum Gasteiger partial charge on any atom is -0.456 e. The highest BCUT2D eigenvalue weighted by Crippen LogP contribution is 2.59. The summed E-state index contributed by atoms with van der Waals surface area (Å²) in [5.74, 6) is 3.21. The Morgan fingerprint density at radius 1 is 0.350 bits per heavy atom. The molecule has 0 bridgehead atoms. The molecule has 2 aromatic heterocycles. The van der Waals surface area contributed by atoms with Gasteiger partial charge in [-0.15, -0.1) is 22.7 Å². The number of hydrogen-bond donors (Lipinski definition) is 0. The lowest BCUT2D eigenvalue weighted by Gasteiger charge is -2.37. The normalized spacial score (nSPS) is 13.5. The van der Waals surface area contributed by atoms with Crippen molar-refractivity contribution in [1.82, 2.24) is 0 Å². The van der Waals surface area contributed by atoms with Gasteiger partial charge in [-0.2, -0.15) is 0 Å². The molecule has 2 nitrogen and oxygen atoms in total. The molecule has 0 amide bonds. The van der Waals surface area contributed by atoms with Crippen LogP contribution in [-0.2, 0) is 11.8 Å². The van der Waals surface area contributed by atoms with Crippen LogP contribution >= 0.6 is 28.7 Å². The van der Waals surface area contributed by atoms with Crippen molar-refractivity contribution in [3.8, 4) is 67.5 Å². The van der Waals surface area contributed by atoms with Crippen LogP contribution in [0.5, 0.6) is 23.0 Å². The molecule has 13 rings (SSSR count). The van der Waals surface area contributed by atoms with E-state index in [-0.39, 0.29) is 0 Å². The molecule has 2 aliphatic rings. The monoisotopic (exact) mass is 838 g/mol. The maximum Gasteiger partial charge on any atom is 0.140 e. The van der Waals surface area contributed by atoms with Crippen LogP contribution in [0.1, 0.15) is 0 Å². The van der Waals surface area contributed by atoms with Crippen molar-refractivity contribution in [3.05, 3.63) is 188 Å². The molecule has 0 unspecified atom stereocenters. The van der Waals surface area contributed by atoms with Crippen LogP contribution in [-0.4, -0.2) is 0 Å². The molecule has 0 radical (unpaired) electrons. The summed E-state index contributed by atoms with van der Waals surface area (Å²) in [5, 5.41) is 8.38. The molecular weight excluding hydrogens is 808 g/mol. The van der Waals surface area contributed by atoms with Crippen LogP contribution in [0.25, 0.3) is 84.9 Å². The largest absolute Gasteiger partial charge is 0.456 e. The topological polar surface area (TPSA) is 18.5 Å². The maximum atomic E-state index is 6.90. The molecule has 0 saturated heterocycles. The molecule has 0 N–H and O–H groups in total. The molecule has 0 spiro atoms. The average molecular weight is 839 g/mol. The van der Waals surface area contributed by atoms with Crippen molar-refractivity contribution in [2.75, 3.05) is 0 Å². The van der Waals surface area contributed by atoms with E-state index >= 15 is 0 Å². The Balaban J connectivity index is 0.845.